The van der Waals surface area contributed by atoms with Crippen LogP contribution in [0.5, 0.6) is 0 Å². The van der Waals surface area contributed by atoms with Gasteiger partial charge in [0.05, 0.1) is 6.54 Å². The number of hydrogen-bond acceptors (Lipinski definition) is 4. The summed E-state index contributed by atoms with van der Waals surface area (Å²) < 4.78 is 0. The van der Waals surface area contributed by atoms with Crippen molar-refractivity contribution in [1.82, 2.24) is 0 Å². The zero-order chi connectivity index (χ0) is 13.4. The average molecular weight is 260 g/mol. The molecule has 2 aliphatic rings. The molecule has 2 N–H and O–H groups in total. The zero-order valence-electron chi connectivity index (χ0n) is 10.6. The molecule has 0 fully saturated rings. The molecule has 0 amide bonds. The summed E-state index contributed by atoms with van der Waals surface area (Å²) in [5.74, 6) is -0.356. The van der Waals surface area contributed by atoms with Crippen molar-refractivity contribution < 1.29 is 14.7 Å². The summed E-state index contributed by atoms with van der Waals surface area (Å²) in [6.45, 7) is 1.07. The third-order valence-electron chi connectivity index (χ3n) is 3.85. The van der Waals surface area contributed by atoms with E-state index in [1.807, 2.05) is 23.1 Å². The SMILES string of the molecule is O=C(O)CN1CC2CCC(=O)CNc3cccc1c32. The second-order valence-corrected chi connectivity index (χ2v) is 5.14. The van der Waals surface area contributed by atoms with Gasteiger partial charge in [0.1, 0.15) is 6.54 Å². The number of carbonyl (C=O) groups excluding carboxylic acids is 1. The molecule has 0 aliphatic carbocycles. The number of ketones is 1. The Morgan fingerprint density at radius 2 is 2.32 bits per heavy atom. The molecule has 0 aromatic heterocycles. The lowest BCUT2D eigenvalue weighted by atomic mass is 9.92. The highest BCUT2D eigenvalue weighted by Crippen LogP contribution is 2.43. The van der Waals surface area contributed by atoms with Gasteiger partial charge in [0.15, 0.2) is 5.78 Å². The van der Waals surface area contributed by atoms with Crippen LogP contribution in [0.4, 0.5) is 11.4 Å². The van der Waals surface area contributed by atoms with E-state index in [2.05, 4.69) is 5.32 Å². The molecule has 5 heteroatoms. The van der Waals surface area contributed by atoms with Crippen molar-refractivity contribution in [2.24, 2.45) is 0 Å². The molecule has 2 heterocycles. The molecule has 19 heavy (non-hydrogen) atoms. The fraction of sp³-hybridized carbons (Fsp3) is 0.429. The van der Waals surface area contributed by atoms with Gasteiger partial charge in [-0.2, -0.15) is 0 Å². The number of carbonyl (C=O) groups is 2. The average Bonchev–Trinajstić information content (AvgIpc) is 2.70. The van der Waals surface area contributed by atoms with Crippen LogP contribution >= 0.6 is 0 Å². The van der Waals surface area contributed by atoms with E-state index < -0.39 is 5.97 Å². The lowest BCUT2D eigenvalue weighted by Crippen LogP contribution is -2.28. The van der Waals surface area contributed by atoms with Crippen molar-refractivity contribution in [1.29, 1.82) is 0 Å². The van der Waals surface area contributed by atoms with Crippen LogP contribution < -0.4 is 10.2 Å². The molecule has 1 aromatic carbocycles. The van der Waals surface area contributed by atoms with E-state index in [4.69, 9.17) is 5.11 Å². The van der Waals surface area contributed by atoms with E-state index in [1.165, 1.54) is 5.56 Å². The van der Waals surface area contributed by atoms with Crippen molar-refractivity contribution in [2.45, 2.75) is 18.8 Å². The van der Waals surface area contributed by atoms with Gasteiger partial charge in [-0.25, -0.2) is 0 Å². The summed E-state index contributed by atoms with van der Waals surface area (Å²) in [4.78, 5) is 24.4. The molecule has 2 aliphatic heterocycles. The summed E-state index contributed by atoms with van der Waals surface area (Å²) in [5, 5.41) is 12.2. The highest BCUT2D eigenvalue weighted by atomic mass is 16.4. The Labute approximate surface area is 111 Å². The summed E-state index contributed by atoms with van der Waals surface area (Å²) >= 11 is 0. The minimum Gasteiger partial charge on any atom is -0.480 e. The van der Waals surface area contributed by atoms with E-state index in [-0.39, 0.29) is 18.2 Å². The van der Waals surface area contributed by atoms with Crippen LogP contribution in [0.25, 0.3) is 0 Å². The number of benzene rings is 1. The molecular weight excluding hydrogens is 244 g/mol. The second kappa shape index (κ2) is 4.57. The molecule has 1 unspecified atom stereocenters. The molecule has 0 saturated heterocycles. The monoisotopic (exact) mass is 260 g/mol. The third-order valence-corrected chi connectivity index (χ3v) is 3.85. The van der Waals surface area contributed by atoms with E-state index in [1.54, 1.807) is 0 Å². The van der Waals surface area contributed by atoms with E-state index in [0.717, 1.165) is 17.8 Å². The largest absolute Gasteiger partial charge is 0.480 e. The lowest BCUT2D eigenvalue weighted by Gasteiger charge is -2.18. The van der Waals surface area contributed by atoms with Crippen LogP contribution in [-0.2, 0) is 9.59 Å². The van der Waals surface area contributed by atoms with Crippen LogP contribution in [0, 0.1) is 0 Å². The first-order valence-electron chi connectivity index (χ1n) is 6.50. The molecule has 5 nitrogen and oxygen atoms in total. The number of nitrogens with zero attached hydrogens (tertiary/aromatic N) is 1. The van der Waals surface area contributed by atoms with Crippen LogP contribution in [0.2, 0.25) is 0 Å². The number of Topliss-reactive ketones (excluding diaryl/α,β-unsaturated/α-hetero) is 1. The Bertz CT molecular complexity index is 541. The van der Waals surface area contributed by atoms with Crippen LogP contribution in [0.1, 0.15) is 24.3 Å². The Morgan fingerprint density at radius 3 is 3.11 bits per heavy atom. The number of hydrogen-bond donors (Lipinski definition) is 2. The Hall–Kier alpha value is -2.04. The predicted molar refractivity (Wildman–Crippen MR) is 71.8 cm³/mol. The molecule has 1 atom stereocenters. The molecule has 3 rings (SSSR count). The summed E-state index contributed by atoms with van der Waals surface area (Å²) in [6.07, 6.45) is 1.37. The van der Waals surface area contributed by atoms with Gasteiger partial charge < -0.3 is 15.3 Å². The molecule has 1 aromatic rings. The topological polar surface area (TPSA) is 69.6 Å². The fourth-order valence-corrected chi connectivity index (χ4v) is 3.03. The number of rotatable bonds is 2. The number of aliphatic carboxylic acids is 1. The van der Waals surface area contributed by atoms with Crippen molar-refractivity contribution in [3.8, 4) is 0 Å². The third kappa shape index (κ3) is 2.16. The van der Waals surface area contributed by atoms with Gasteiger partial charge in [-0.05, 0) is 18.6 Å². The van der Waals surface area contributed by atoms with Crippen molar-refractivity contribution >= 4 is 23.1 Å². The lowest BCUT2D eigenvalue weighted by molar-refractivity contribution is -0.135. The number of carboxylic acid groups (broad SMARTS) is 1. The first kappa shape index (κ1) is 12.0. The Morgan fingerprint density at radius 1 is 1.47 bits per heavy atom. The standard InChI is InChI=1S/C14H16N2O3/c17-10-5-4-9-7-16(8-13(18)19)12-3-1-2-11(14(9)12)15-6-10/h1-3,9,15H,4-8H2,(H,18,19). The van der Waals surface area contributed by atoms with Crippen molar-refractivity contribution in [2.75, 3.05) is 29.9 Å². The minimum absolute atomic E-state index is 0.0148. The summed E-state index contributed by atoms with van der Waals surface area (Å²) in [6, 6.07) is 5.84. The molecular formula is C14H16N2O3. The van der Waals surface area contributed by atoms with Crippen LogP contribution in [-0.4, -0.2) is 36.5 Å². The Kier molecular flexibility index (Phi) is 2.89. The highest BCUT2D eigenvalue weighted by Gasteiger charge is 2.33. The number of carboxylic acids is 1. The molecule has 0 bridgehead atoms. The first-order chi connectivity index (χ1) is 9.15. The van der Waals surface area contributed by atoms with Gasteiger partial charge in [0, 0.05) is 35.8 Å². The maximum absolute atomic E-state index is 11.6. The molecule has 0 spiro atoms. The van der Waals surface area contributed by atoms with Gasteiger partial charge in [0.2, 0.25) is 0 Å². The molecule has 0 saturated carbocycles. The predicted octanol–water partition coefficient (Wildman–Crippen LogP) is 1.45. The van der Waals surface area contributed by atoms with E-state index in [0.29, 0.717) is 19.5 Å². The maximum atomic E-state index is 11.6. The van der Waals surface area contributed by atoms with Crippen molar-refractivity contribution in [3.63, 3.8) is 0 Å². The van der Waals surface area contributed by atoms with Gasteiger partial charge in [-0.1, -0.05) is 6.07 Å². The first-order valence-corrected chi connectivity index (χ1v) is 6.50. The van der Waals surface area contributed by atoms with Gasteiger partial charge in [-0.15, -0.1) is 0 Å². The maximum Gasteiger partial charge on any atom is 0.323 e. The highest BCUT2D eigenvalue weighted by molar-refractivity contribution is 5.86. The van der Waals surface area contributed by atoms with Crippen LogP contribution in [0.3, 0.4) is 0 Å². The molecule has 100 valence electrons. The summed E-state index contributed by atoms with van der Waals surface area (Å²) in [7, 11) is 0. The van der Waals surface area contributed by atoms with Crippen LogP contribution in [0.15, 0.2) is 18.2 Å². The van der Waals surface area contributed by atoms with Crippen molar-refractivity contribution in [3.05, 3.63) is 23.8 Å². The van der Waals surface area contributed by atoms with E-state index >= 15 is 0 Å². The summed E-state index contributed by atoms with van der Waals surface area (Å²) in [5.41, 5.74) is 3.14. The van der Waals surface area contributed by atoms with Gasteiger partial charge in [-0.3, -0.25) is 9.59 Å². The quantitative estimate of drug-likeness (QED) is 0.842. The normalized spacial score (nSPS) is 21.4. The van der Waals surface area contributed by atoms with Gasteiger partial charge in [0.25, 0.3) is 0 Å². The fourth-order valence-electron chi connectivity index (χ4n) is 3.03. The minimum atomic E-state index is -0.823. The Balaban J connectivity index is 1.99. The smallest absolute Gasteiger partial charge is 0.323 e. The van der Waals surface area contributed by atoms with Gasteiger partial charge >= 0.3 is 5.97 Å². The second-order valence-electron chi connectivity index (χ2n) is 5.14. The molecule has 0 radical (unpaired) electrons. The number of nitrogens with one attached hydrogen (secondary N) is 1. The van der Waals surface area contributed by atoms with E-state index in [9.17, 15) is 9.59 Å². The zero-order valence-corrected chi connectivity index (χ0v) is 10.6. The number of anilines is 2.